The van der Waals surface area contributed by atoms with Gasteiger partial charge in [-0.1, -0.05) is 24.3 Å². The van der Waals surface area contributed by atoms with Gasteiger partial charge in [0, 0.05) is 0 Å². The van der Waals surface area contributed by atoms with Gasteiger partial charge in [0.15, 0.2) is 0 Å². The fraction of sp³-hybridized carbons (Fsp3) is 0.786. The monoisotopic (exact) mass is 472 g/mol. The van der Waals surface area contributed by atoms with Gasteiger partial charge in [-0.3, -0.25) is 9.59 Å². The minimum Gasteiger partial charge on any atom is -0.465 e. The molecule has 0 N–H and O–H groups in total. The van der Waals surface area contributed by atoms with Gasteiger partial charge in [-0.2, -0.15) is 0 Å². The SMILES string of the molecule is O=C(OCC1CC=CCC1)C1CCC2OC2C1.O=C(OCC1CCC2OC2C1)C1CC=CCC1. The molecule has 6 nitrogen and oxygen atoms in total. The largest absolute Gasteiger partial charge is 0.465 e. The van der Waals surface area contributed by atoms with E-state index in [9.17, 15) is 9.59 Å². The Labute approximate surface area is 203 Å². The van der Waals surface area contributed by atoms with Crippen LogP contribution in [0.15, 0.2) is 24.3 Å². The van der Waals surface area contributed by atoms with Crippen LogP contribution in [0, 0.1) is 23.7 Å². The van der Waals surface area contributed by atoms with Crippen LogP contribution < -0.4 is 0 Å². The molecule has 6 rings (SSSR count). The van der Waals surface area contributed by atoms with E-state index in [2.05, 4.69) is 24.3 Å². The Morgan fingerprint density at radius 3 is 1.91 bits per heavy atom. The smallest absolute Gasteiger partial charge is 0.309 e. The van der Waals surface area contributed by atoms with E-state index in [1.54, 1.807) is 0 Å². The van der Waals surface area contributed by atoms with Crippen LogP contribution in [0.3, 0.4) is 0 Å². The number of carbonyl (C=O) groups is 2. The molecule has 8 atom stereocenters. The normalized spacial score (nSPS) is 39.5. The van der Waals surface area contributed by atoms with Gasteiger partial charge in [0.25, 0.3) is 0 Å². The van der Waals surface area contributed by atoms with Crippen LogP contribution >= 0.6 is 0 Å². The maximum atomic E-state index is 11.9. The molecule has 4 fully saturated rings. The molecular formula is C28H40O6. The van der Waals surface area contributed by atoms with Crippen LogP contribution in [0.25, 0.3) is 0 Å². The van der Waals surface area contributed by atoms with E-state index in [-0.39, 0.29) is 23.8 Å². The lowest BCUT2D eigenvalue weighted by molar-refractivity contribution is -0.151. The second-order valence-electron chi connectivity index (χ2n) is 11.0. The van der Waals surface area contributed by atoms with Crippen molar-refractivity contribution in [1.29, 1.82) is 0 Å². The highest BCUT2D eigenvalue weighted by Crippen LogP contribution is 2.40. The number of fused-ring (bicyclic) bond motifs is 2. The second kappa shape index (κ2) is 11.4. The molecule has 0 aromatic heterocycles. The number of hydrogen-bond acceptors (Lipinski definition) is 6. The Bertz CT molecular complexity index is 775. The summed E-state index contributed by atoms with van der Waals surface area (Å²) in [5.74, 6) is 1.28. The third kappa shape index (κ3) is 6.72. The van der Waals surface area contributed by atoms with E-state index in [0.717, 1.165) is 77.0 Å². The molecule has 4 aliphatic carbocycles. The van der Waals surface area contributed by atoms with Gasteiger partial charge in [-0.05, 0) is 88.9 Å². The lowest BCUT2D eigenvalue weighted by Crippen LogP contribution is -2.26. The standard InChI is InChI=1S/2C14H20O3/c15-14(11-4-2-1-3-5-11)16-9-10-6-7-12-13(8-10)17-12;15-14(11-6-7-12-13(8-11)17-12)16-9-10-4-2-1-3-5-10/h2*1-2,10-13H,3-9H2. The average Bonchev–Trinajstić information content (AvgIpc) is 3.81. The molecule has 8 unspecified atom stereocenters. The molecule has 2 aliphatic heterocycles. The van der Waals surface area contributed by atoms with E-state index in [0.29, 0.717) is 49.5 Å². The van der Waals surface area contributed by atoms with Crippen molar-refractivity contribution >= 4 is 11.9 Å². The lowest BCUT2D eigenvalue weighted by Gasteiger charge is -2.21. The van der Waals surface area contributed by atoms with Gasteiger partial charge in [0.05, 0.1) is 49.5 Å². The number of carbonyl (C=O) groups excluding carboxylic acids is 2. The zero-order valence-corrected chi connectivity index (χ0v) is 20.3. The van der Waals surface area contributed by atoms with Crippen LogP contribution in [0.4, 0.5) is 0 Å². The molecule has 6 aliphatic rings. The maximum absolute atomic E-state index is 11.9. The zero-order chi connectivity index (χ0) is 23.3. The molecule has 34 heavy (non-hydrogen) atoms. The van der Waals surface area contributed by atoms with Gasteiger partial charge in [-0.25, -0.2) is 0 Å². The summed E-state index contributed by atoms with van der Waals surface area (Å²) in [6.07, 6.45) is 22.9. The summed E-state index contributed by atoms with van der Waals surface area (Å²) in [6, 6.07) is 0. The van der Waals surface area contributed by atoms with Gasteiger partial charge in [-0.15, -0.1) is 0 Å². The molecule has 2 saturated heterocycles. The predicted octanol–water partition coefficient (Wildman–Crippen LogP) is 4.91. The van der Waals surface area contributed by atoms with Gasteiger partial charge < -0.3 is 18.9 Å². The Morgan fingerprint density at radius 2 is 1.26 bits per heavy atom. The number of epoxide rings is 2. The van der Waals surface area contributed by atoms with Crippen LogP contribution in [0.5, 0.6) is 0 Å². The molecule has 6 heteroatoms. The first-order chi connectivity index (χ1) is 16.7. The Morgan fingerprint density at radius 1 is 0.618 bits per heavy atom. The lowest BCUT2D eigenvalue weighted by atomic mass is 9.89. The van der Waals surface area contributed by atoms with Gasteiger partial charge in [0.1, 0.15) is 0 Å². The third-order valence-corrected chi connectivity index (χ3v) is 8.35. The first-order valence-electron chi connectivity index (χ1n) is 13.6. The second-order valence-corrected chi connectivity index (χ2v) is 11.0. The highest BCUT2D eigenvalue weighted by molar-refractivity contribution is 5.73. The van der Waals surface area contributed by atoms with Crippen molar-refractivity contribution in [3.05, 3.63) is 24.3 Å². The first-order valence-corrected chi connectivity index (χ1v) is 13.6. The Kier molecular flexibility index (Phi) is 8.05. The zero-order valence-electron chi connectivity index (χ0n) is 20.3. The maximum Gasteiger partial charge on any atom is 0.309 e. The van der Waals surface area contributed by atoms with Crippen molar-refractivity contribution < 1.29 is 28.5 Å². The molecule has 0 aromatic carbocycles. The summed E-state index contributed by atoms with van der Waals surface area (Å²) in [4.78, 5) is 23.8. The van der Waals surface area contributed by atoms with Crippen LogP contribution in [-0.2, 0) is 28.5 Å². The molecule has 2 heterocycles. The van der Waals surface area contributed by atoms with Crippen LogP contribution in [0.2, 0.25) is 0 Å². The molecular weight excluding hydrogens is 432 g/mol. The van der Waals surface area contributed by atoms with E-state index in [1.165, 1.54) is 0 Å². The molecule has 2 saturated carbocycles. The number of ether oxygens (including phenoxy) is 4. The van der Waals surface area contributed by atoms with Crippen molar-refractivity contribution in [2.24, 2.45) is 23.7 Å². The number of hydrogen-bond donors (Lipinski definition) is 0. The summed E-state index contributed by atoms with van der Waals surface area (Å²) < 4.78 is 21.8. The Balaban J connectivity index is 0.000000142. The molecule has 0 bridgehead atoms. The number of allylic oxidation sites excluding steroid dienone is 4. The summed E-state index contributed by atoms with van der Waals surface area (Å²) >= 11 is 0. The fourth-order valence-electron chi connectivity index (χ4n) is 5.91. The molecule has 188 valence electrons. The average molecular weight is 473 g/mol. The predicted molar refractivity (Wildman–Crippen MR) is 127 cm³/mol. The van der Waals surface area contributed by atoms with Gasteiger partial charge in [0.2, 0.25) is 0 Å². The number of esters is 2. The molecule has 0 spiro atoms. The molecule has 0 radical (unpaired) electrons. The van der Waals surface area contributed by atoms with Crippen molar-refractivity contribution in [2.45, 2.75) is 101 Å². The highest BCUT2D eigenvalue weighted by Gasteiger charge is 2.46. The van der Waals surface area contributed by atoms with Crippen molar-refractivity contribution in [3.8, 4) is 0 Å². The van der Waals surface area contributed by atoms with Crippen molar-refractivity contribution in [2.75, 3.05) is 13.2 Å². The van der Waals surface area contributed by atoms with Gasteiger partial charge >= 0.3 is 11.9 Å². The van der Waals surface area contributed by atoms with Crippen LogP contribution in [0.1, 0.15) is 77.0 Å². The van der Waals surface area contributed by atoms with E-state index in [1.807, 2.05) is 0 Å². The first kappa shape index (κ1) is 24.1. The van der Waals surface area contributed by atoms with E-state index < -0.39 is 0 Å². The minimum atomic E-state index is 0.00758. The fourth-order valence-corrected chi connectivity index (χ4v) is 5.91. The van der Waals surface area contributed by atoms with Crippen LogP contribution in [-0.4, -0.2) is 49.6 Å². The Hall–Kier alpha value is -1.66. The topological polar surface area (TPSA) is 77.7 Å². The summed E-state index contributed by atoms with van der Waals surface area (Å²) in [5.41, 5.74) is 0. The molecule has 0 aromatic rings. The third-order valence-electron chi connectivity index (χ3n) is 8.35. The highest BCUT2D eigenvalue weighted by atomic mass is 16.6. The summed E-state index contributed by atoms with van der Waals surface area (Å²) in [7, 11) is 0. The number of rotatable bonds is 6. The summed E-state index contributed by atoms with van der Waals surface area (Å²) in [5, 5.41) is 0. The quantitative estimate of drug-likeness (QED) is 0.311. The van der Waals surface area contributed by atoms with E-state index >= 15 is 0 Å². The molecule has 0 amide bonds. The van der Waals surface area contributed by atoms with Crippen molar-refractivity contribution in [3.63, 3.8) is 0 Å². The van der Waals surface area contributed by atoms with E-state index in [4.69, 9.17) is 18.9 Å². The minimum absolute atomic E-state index is 0.00758. The van der Waals surface area contributed by atoms with Crippen molar-refractivity contribution in [1.82, 2.24) is 0 Å². The summed E-state index contributed by atoms with van der Waals surface area (Å²) in [6.45, 7) is 1.21.